The zero-order valence-electron chi connectivity index (χ0n) is 13.6. The van der Waals surface area contributed by atoms with Crippen molar-refractivity contribution in [2.24, 2.45) is 0 Å². The molecule has 0 aliphatic rings. The zero-order chi connectivity index (χ0) is 18.7. The fourth-order valence-corrected chi connectivity index (χ4v) is 3.79. The number of amides is 1. The van der Waals surface area contributed by atoms with E-state index in [1.807, 2.05) is 6.92 Å². The smallest absolute Gasteiger partial charge is 0.262 e. The van der Waals surface area contributed by atoms with Gasteiger partial charge in [-0.3, -0.25) is 14.8 Å². The second-order valence-electron chi connectivity index (χ2n) is 5.37. The largest absolute Gasteiger partial charge is 0.298 e. The Hall–Kier alpha value is -2.78. The van der Waals surface area contributed by atoms with Crippen LogP contribution in [0, 0.1) is 12.7 Å². The molecule has 6 nitrogen and oxygen atoms in total. The number of benzene rings is 2. The van der Waals surface area contributed by atoms with Crippen molar-refractivity contribution >= 4 is 38.1 Å². The van der Waals surface area contributed by atoms with Crippen molar-refractivity contribution in [1.82, 2.24) is 4.98 Å². The molecule has 1 heterocycles. The van der Waals surface area contributed by atoms with Crippen LogP contribution in [0.5, 0.6) is 0 Å². The number of anilines is 2. The van der Waals surface area contributed by atoms with E-state index in [2.05, 4.69) is 15.0 Å². The number of aryl methyl sites for hydroxylation is 1. The first-order valence-electron chi connectivity index (χ1n) is 7.46. The molecule has 134 valence electrons. The summed E-state index contributed by atoms with van der Waals surface area (Å²) in [6.07, 6.45) is 1.51. The van der Waals surface area contributed by atoms with E-state index in [-0.39, 0.29) is 10.5 Å². The first-order chi connectivity index (χ1) is 12.4. The Labute approximate surface area is 153 Å². The van der Waals surface area contributed by atoms with Crippen LogP contribution in [0.3, 0.4) is 0 Å². The predicted octanol–water partition coefficient (Wildman–Crippen LogP) is 3.64. The molecule has 2 N–H and O–H groups in total. The third kappa shape index (κ3) is 3.89. The van der Waals surface area contributed by atoms with E-state index in [4.69, 9.17) is 0 Å². The number of carbonyl (C=O) groups is 1. The normalized spacial score (nSPS) is 11.2. The molecule has 0 aliphatic heterocycles. The molecule has 0 unspecified atom stereocenters. The number of hydrogen-bond donors (Lipinski definition) is 2. The quantitative estimate of drug-likeness (QED) is 0.695. The van der Waals surface area contributed by atoms with Crippen LogP contribution in [-0.2, 0) is 10.0 Å². The summed E-state index contributed by atoms with van der Waals surface area (Å²) >= 11 is 1.19. The molecule has 0 atom stereocenters. The van der Waals surface area contributed by atoms with Gasteiger partial charge in [0.15, 0.2) is 5.13 Å². The molecule has 0 saturated carbocycles. The van der Waals surface area contributed by atoms with Crippen LogP contribution in [0.4, 0.5) is 15.2 Å². The van der Waals surface area contributed by atoms with Gasteiger partial charge >= 0.3 is 0 Å². The Morgan fingerprint density at radius 2 is 1.88 bits per heavy atom. The Morgan fingerprint density at radius 3 is 2.54 bits per heavy atom. The van der Waals surface area contributed by atoms with Gasteiger partial charge < -0.3 is 0 Å². The fraction of sp³-hybridized carbons (Fsp3) is 0.0588. The number of rotatable bonds is 5. The second-order valence-corrected chi connectivity index (χ2v) is 7.95. The number of aromatic nitrogens is 1. The van der Waals surface area contributed by atoms with Crippen LogP contribution in [-0.4, -0.2) is 19.3 Å². The van der Waals surface area contributed by atoms with Gasteiger partial charge in [0.25, 0.3) is 15.9 Å². The topological polar surface area (TPSA) is 88.2 Å². The van der Waals surface area contributed by atoms with Crippen LogP contribution in [0.25, 0.3) is 0 Å². The third-order valence-electron chi connectivity index (χ3n) is 3.48. The van der Waals surface area contributed by atoms with E-state index in [0.29, 0.717) is 5.13 Å². The van der Waals surface area contributed by atoms with Gasteiger partial charge in [-0.2, -0.15) is 0 Å². The van der Waals surface area contributed by atoms with E-state index in [9.17, 15) is 17.6 Å². The Bertz CT molecular complexity index is 1030. The summed E-state index contributed by atoms with van der Waals surface area (Å²) in [5.41, 5.74) is 0.330. The van der Waals surface area contributed by atoms with Crippen LogP contribution in [0.1, 0.15) is 15.9 Å². The average Bonchev–Trinajstić information content (AvgIpc) is 3.10. The maximum Gasteiger partial charge on any atom is 0.262 e. The summed E-state index contributed by atoms with van der Waals surface area (Å²) in [6, 6.07) is 9.82. The van der Waals surface area contributed by atoms with E-state index < -0.39 is 27.4 Å². The van der Waals surface area contributed by atoms with Crippen molar-refractivity contribution in [2.45, 2.75) is 11.8 Å². The first-order valence-corrected chi connectivity index (χ1v) is 9.82. The Balaban J connectivity index is 1.94. The minimum absolute atomic E-state index is 0.0300. The molecule has 0 radical (unpaired) electrons. The molecule has 0 bridgehead atoms. The molecule has 1 amide bonds. The molecule has 0 aliphatic carbocycles. The third-order valence-corrected chi connectivity index (χ3v) is 5.53. The van der Waals surface area contributed by atoms with E-state index >= 15 is 0 Å². The van der Waals surface area contributed by atoms with Crippen molar-refractivity contribution in [3.63, 3.8) is 0 Å². The van der Waals surface area contributed by atoms with Crippen molar-refractivity contribution in [1.29, 1.82) is 0 Å². The van der Waals surface area contributed by atoms with Gasteiger partial charge in [0, 0.05) is 11.6 Å². The summed E-state index contributed by atoms with van der Waals surface area (Å²) in [5, 5.41) is 4.50. The summed E-state index contributed by atoms with van der Waals surface area (Å²) in [5.74, 6) is -1.52. The number of carbonyl (C=O) groups excluding carboxylic acids is 1. The fourth-order valence-electron chi connectivity index (χ4n) is 2.18. The molecule has 0 saturated heterocycles. The molecule has 3 aromatic rings. The van der Waals surface area contributed by atoms with Crippen LogP contribution in [0.2, 0.25) is 0 Å². The molecule has 3 rings (SSSR count). The SMILES string of the molecule is Cc1ccc(S(=O)(=O)Nc2c(F)cccc2C(=O)Nc2nccs2)cc1. The number of sulfonamides is 1. The highest BCUT2D eigenvalue weighted by molar-refractivity contribution is 7.92. The van der Waals surface area contributed by atoms with Gasteiger partial charge in [0.1, 0.15) is 5.82 Å². The highest BCUT2D eigenvalue weighted by atomic mass is 32.2. The van der Waals surface area contributed by atoms with Gasteiger partial charge in [0.2, 0.25) is 0 Å². The van der Waals surface area contributed by atoms with Crippen LogP contribution < -0.4 is 10.0 Å². The lowest BCUT2D eigenvalue weighted by molar-refractivity contribution is 0.102. The van der Waals surface area contributed by atoms with Crippen molar-refractivity contribution in [3.8, 4) is 0 Å². The van der Waals surface area contributed by atoms with Crippen LogP contribution >= 0.6 is 11.3 Å². The van der Waals surface area contributed by atoms with Crippen molar-refractivity contribution < 1.29 is 17.6 Å². The van der Waals surface area contributed by atoms with Gasteiger partial charge in [-0.1, -0.05) is 23.8 Å². The summed E-state index contributed by atoms with van der Waals surface area (Å²) in [6.45, 7) is 1.82. The predicted molar refractivity (Wildman–Crippen MR) is 98.5 cm³/mol. The lowest BCUT2D eigenvalue weighted by Gasteiger charge is -2.13. The van der Waals surface area contributed by atoms with E-state index in [1.165, 1.54) is 41.8 Å². The molecule has 26 heavy (non-hydrogen) atoms. The molecular formula is C17H14FN3O3S2. The number of hydrogen-bond acceptors (Lipinski definition) is 5. The molecular weight excluding hydrogens is 377 g/mol. The first kappa shape index (κ1) is 18.0. The molecule has 0 fully saturated rings. The molecule has 9 heteroatoms. The lowest BCUT2D eigenvalue weighted by Crippen LogP contribution is -2.19. The number of halogens is 1. The van der Waals surface area contributed by atoms with Crippen molar-refractivity contribution in [2.75, 3.05) is 10.0 Å². The minimum Gasteiger partial charge on any atom is -0.298 e. The maximum absolute atomic E-state index is 14.3. The lowest BCUT2D eigenvalue weighted by atomic mass is 10.1. The van der Waals surface area contributed by atoms with E-state index in [1.54, 1.807) is 17.5 Å². The molecule has 0 spiro atoms. The van der Waals surface area contributed by atoms with Gasteiger partial charge in [-0.15, -0.1) is 11.3 Å². The highest BCUT2D eigenvalue weighted by Gasteiger charge is 2.22. The number of nitrogens with one attached hydrogen (secondary N) is 2. The summed E-state index contributed by atoms with van der Waals surface area (Å²) in [4.78, 5) is 16.3. The standard InChI is InChI=1S/C17H14FN3O3S2/c1-11-5-7-12(8-6-11)26(23,24)21-15-13(3-2-4-14(15)18)16(22)20-17-19-9-10-25-17/h2-10,21H,1H3,(H,19,20,22). The Morgan fingerprint density at radius 1 is 1.15 bits per heavy atom. The van der Waals surface area contributed by atoms with Gasteiger partial charge in [-0.05, 0) is 31.2 Å². The van der Waals surface area contributed by atoms with Crippen molar-refractivity contribution in [3.05, 3.63) is 71.0 Å². The van der Waals surface area contributed by atoms with E-state index in [0.717, 1.165) is 11.6 Å². The summed E-state index contributed by atoms with van der Waals surface area (Å²) < 4.78 is 41.5. The number of thiazole rings is 1. The van der Waals surface area contributed by atoms with Crippen LogP contribution in [0.15, 0.2) is 58.9 Å². The average molecular weight is 391 g/mol. The molecule has 1 aromatic heterocycles. The van der Waals surface area contributed by atoms with Gasteiger partial charge in [0.05, 0.1) is 16.1 Å². The number of nitrogens with zero attached hydrogens (tertiary/aromatic N) is 1. The zero-order valence-corrected chi connectivity index (χ0v) is 15.2. The minimum atomic E-state index is -4.05. The highest BCUT2D eigenvalue weighted by Crippen LogP contribution is 2.25. The monoisotopic (exact) mass is 391 g/mol. The maximum atomic E-state index is 14.3. The Kier molecular flexibility index (Phi) is 5.01. The van der Waals surface area contributed by atoms with Gasteiger partial charge in [-0.25, -0.2) is 17.8 Å². The molecule has 2 aromatic carbocycles. The summed E-state index contributed by atoms with van der Waals surface area (Å²) in [7, 11) is -4.05. The number of para-hydroxylation sites is 1. The second kappa shape index (κ2) is 7.22.